The summed E-state index contributed by atoms with van der Waals surface area (Å²) in [6.07, 6.45) is 2.00. The lowest BCUT2D eigenvalue weighted by Crippen LogP contribution is -2.36. The maximum absolute atomic E-state index is 13.6. The fourth-order valence-corrected chi connectivity index (χ4v) is 3.06. The number of aliphatic hydroxyl groups excluding tert-OH is 1. The van der Waals surface area contributed by atoms with Crippen LogP contribution in [0.1, 0.15) is 29.7 Å². The molecule has 0 spiro atoms. The number of hydrogen-bond donors (Lipinski definition) is 3. The Kier molecular flexibility index (Phi) is 6.63. The second-order valence-corrected chi connectivity index (χ2v) is 6.22. The third-order valence-corrected chi connectivity index (χ3v) is 4.51. The van der Waals surface area contributed by atoms with Gasteiger partial charge in [-0.3, -0.25) is 0 Å². The first-order chi connectivity index (χ1) is 11.5. The first-order valence-corrected chi connectivity index (χ1v) is 8.83. The monoisotopic (exact) mass is 348 g/mol. The maximum Gasteiger partial charge on any atom is 0.315 e. The molecule has 0 saturated carbocycles. The molecule has 2 aromatic rings. The summed E-state index contributed by atoms with van der Waals surface area (Å²) in [4.78, 5) is 13.2. The SMILES string of the molecule is CSc1ccccc1[C@@H](C)NC(=O)NCc1ccc(CO)c(F)c1. The quantitative estimate of drug-likeness (QED) is 0.699. The molecule has 2 amide bonds. The topological polar surface area (TPSA) is 61.4 Å². The van der Waals surface area contributed by atoms with Crippen LogP contribution in [-0.4, -0.2) is 17.4 Å². The molecule has 0 aromatic heterocycles. The minimum absolute atomic E-state index is 0.137. The fourth-order valence-electron chi connectivity index (χ4n) is 2.36. The number of benzene rings is 2. The third kappa shape index (κ3) is 4.72. The van der Waals surface area contributed by atoms with Crippen LogP contribution in [0, 0.1) is 5.82 Å². The molecule has 0 fully saturated rings. The van der Waals surface area contributed by atoms with Crippen LogP contribution in [0.2, 0.25) is 0 Å². The number of rotatable bonds is 6. The van der Waals surface area contributed by atoms with Crippen LogP contribution >= 0.6 is 11.8 Å². The van der Waals surface area contributed by atoms with Gasteiger partial charge in [-0.05, 0) is 36.4 Å². The van der Waals surface area contributed by atoms with E-state index in [-0.39, 0.29) is 30.8 Å². The standard InChI is InChI=1S/C18H21FN2O2S/c1-12(15-5-3-4-6-17(15)24-2)21-18(23)20-10-13-7-8-14(11-22)16(19)9-13/h3-9,12,22H,10-11H2,1-2H3,(H2,20,21,23)/t12-/m1/s1. The van der Waals surface area contributed by atoms with Crippen molar-refractivity contribution < 1.29 is 14.3 Å². The average molecular weight is 348 g/mol. The summed E-state index contributed by atoms with van der Waals surface area (Å²) in [5, 5.41) is 14.6. The third-order valence-electron chi connectivity index (χ3n) is 3.69. The van der Waals surface area contributed by atoms with Crippen molar-refractivity contribution in [2.45, 2.75) is 31.0 Å². The number of amides is 2. The predicted molar refractivity (Wildman–Crippen MR) is 94.3 cm³/mol. The van der Waals surface area contributed by atoms with E-state index in [1.54, 1.807) is 17.8 Å². The zero-order valence-corrected chi connectivity index (χ0v) is 14.5. The van der Waals surface area contributed by atoms with Crippen LogP contribution < -0.4 is 10.6 Å². The molecule has 0 unspecified atom stereocenters. The molecule has 1 atom stereocenters. The highest BCUT2D eigenvalue weighted by Gasteiger charge is 2.12. The molecule has 3 N–H and O–H groups in total. The summed E-state index contributed by atoms with van der Waals surface area (Å²) in [6, 6.07) is 12.0. The molecule has 4 nitrogen and oxygen atoms in total. The van der Waals surface area contributed by atoms with E-state index >= 15 is 0 Å². The van der Waals surface area contributed by atoms with Crippen molar-refractivity contribution >= 4 is 17.8 Å². The molecule has 0 radical (unpaired) electrons. The minimum Gasteiger partial charge on any atom is -0.392 e. The molecule has 0 aliphatic heterocycles. The highest BCUT2D eigenvalue weighted by atomic mass is 32.2. The van der Waals surface area contributed by atoms with Crippen molar-refractivity contribution in [3.8, 4) is 0 Å². The van der Waals surface area contributed by atoms with Gasteiger partial charge in [0.2, 0.25) is 0 Å². The van der Waals surface area contributed by atoms with Gasteiger partial charge in [-0.1, -0.05) is 30.3 Å². The van der Waals surface area contributed by atoms with Crippen LogP contribution in [-0.2, 0) is 13.2 Å². The first-order valence-electron chi connectivity index (χ1n) is 7.60. The first kappa shape index (κ1) is 18.3. The van der Waals surface area contributed by atoms with Crippen molar-refractivity contribution in [3.63, 3.8) is 0 Å². The van der Waals surface area contributed by atoms with Gasteiger partial charge in [-0.2, -0.15) is 0 Å². The lowest BCUT2D eigenvalue weighted by molar-refractivity contribution is 0.237. The van der Waals surface area contributed by atoms with E-state index in [0.29, 0.717) is 5.56 Å². The van der Waals surface area contributed by atoms with Gasteiger partial charge in [0, 0.05) is 17.0 Å². The van der Waals surface area contributed by atoms with E-state index < -0.39 is 5.82 Å². The number of nitrogens with one attached hydrogen (secondary N) is 2. The van der Waals surface area contributed by atoms with Crippen molar-refractivity contribution in [2.75, 3.05) is 6.26 Å². The molecule has 2 aromatic carbocycles. The molecule has 128 valence electrons. The van der Waals surface area contributed by atoms with Gasteiger partial charge >= 0.3 is 6.03 Å². The number of carbonyl (C=O) groups excluding carboxylic acids is 1. The Morgan fingerprint density at radius 2 is 2.04 bits per heavy atom. The fraction of sp³-hybridized carbons (Fsp3) is 0.278. The Hall–Kier alpha value is -2.05. The van der Waals surface area contributed by atoms with E-state index in [1.807, 2.05) is 37.4 Å². The molecule has 6 heteroatoms. The molecule has 0 saturated heterocycles. The molecule has 2 rings (SSSR count). The Morgan fingerprint density at radius 1 is 1.29 bits per heavy atom. The van der Waals surface area contributed by atoms with Crippen molar-refractivity contribution in [1.29, 1.82) is 0 Å². The van der Waals surface area contributed by atoms with Crippen LogP contribution in [0.25, 0.3) is 0 Å². The number of aliphatic hydroxyl groups is 1. The van der Waals surface area contributed by atoms with Crippen molar-refractivity contribution in [3.05, 3.63) is 65.0 Å². The molecular formula is C18H21FN2O2S. The summed E-state index contributed by atoms with van der Waals surface area (Å²) in [5.74, 6) is -0.473. The summed E-state index contributed by atoms with van der Waals surface area (Å²) in [5.41, 5.74) is 1.93. The lowest BCUT2D eigenvalue weighted by atomic mass is 10.1. The second kappa shape index (κ2) is 8.70. The summed E-state index contributed by atoms with van der Waals surface area (Å²) >= 11 is 1.63. The zero-order chi connectivity index (χ0) is 17.5. The van der Waals surface area contributed by atoms with Crippen molar-refractivity contribution in [1.82, 2.24) is 10.6 Å². The Bertz CT molecular complexity index is 709. The van der Waals surface area contributed by atoms with Gasteiger partial charge in [0.1, 0.15) is 5.82 Å². The highest BCUT2D eigenvalue weighted by molar-refractivity contribution is 7.98. The average Bonchev–Trinajstić information content (AvgIpc) is 2.60. The number of urea groups is 1. The van der Waals surface area contributed by atoms with Gasteiger partial charge in [0.25, 0.3) is 0 Å². The van der Waals surface area contributed by atoms with Gasteiger partial charge in [-0.25, -0.2) is 9.18 Å². The maximum atomic E-state index is 13.6. The molecular weight excluding hydrogens is 327 g/mol. The Balaban J connectivity index is 1.92. The Labute approximate surface area is 145 Å². The zero-order valence-electron chi connectivity index (χ0n) is 13.7. The van der Waals surface area contributed by atoms with E-state index in [1.165, 1.54) is 12.1 Å². The summed E-state index contributed by atoms with van der Waals surface area (Å²) in [7, 11) is 0. The number of thioether (sulfide) groups is 1. The van der Waals surface area contributed by atoms with E-state index in [9.17, 15) is 9.18 Å². The molecule has 0 heterocycles. The second-order valence-electron chi connectivity index (χ2n) is 5.37. The van der Waals surface area contributed by atoms with Crippen LogP contribution in [0.15, 0.2) is 47.4 Å². The number of carbonyl (C=O) groups is 1. The normalized spacial score (nSPS) is 11.8. The number of halogens is 1. The van der Waals surface area contributed by atoms with Crippen LogP contribution in [0.4, 0.5) is 9.18 Å². The van der Waals surface area contributed by atoms with Crippen LogP contribution in [0.5, 0.6) is 0 Å². The van der Waals surface area contributed by atoms with E-state index in [4.69, 9.17) is 5.11 Å². The Morgan fingerprint density at radius 3 is 2.71 bits per heavy atom. The van der Waals surface area contributed by atoms with Gasteiger partial charge in [-0.15, -0.1) is 11.8 Å². The number of hydrogen-bond acceptors (Lipinski definition) is 3. The van der Waals surface area contributed by atoms with Crippen molar-refractivity contribution in [2.24, 2.45) is 0 Å². The van der Waals surface area contributed by atoms with Crippen LogP contribution in [0.3, 0.4) is 0 Å². The molecule has 0 aliphatic carbocycles. The minimum atomic E-state index is -0.473. The molecule has 0 bridgehead atoms. The van der Waals surface area contributed by atoms with E-state index in [2.05, 4.69) is 10.6 Å². The van der Waals surface area contributed by atoms with Gasteiger partial charge in [0.15, 0.2) is 0 Å². The predicted octanol–water partition coefficient (Wildman–Crippen LogP) is 3.60. The van der Waals surface area contributed by atoms with Gasteiger partial charge in [0.05, 0.1) is 12.6 Å². The largest absolute Gasteiger partial charge is 0.392 e. The molecule has 0 aliphatic rings. The summed E-state index contributed by atoms with van der Waals surface area (Å²) < 4.78 is 13.6. The molecule has 24 heavy (non-hydrogen) atoms. The highest BCUT2D eigenvalue weighted by Crippen LogP contribution is 2.25. The lowest BCUT2D eigenvalue weighted by Gasteiger charge is -2.17. The summed E-state index contributed by atoms with van der Waals surface area (Å²) in [6.45, 7) is 1.79. The smallest absolute Gasteiger partial charge is 0.315 e. The van der Waals surface area contributed by atoms with E-state index in [0.717, 1.165) is 10.5 Å². The van der Waals surface area contributed by atoms with Gasteiger partial charge < -0.3 is 15.7 Å².